The summed E-state index contributed by atoms with van der Waals surface area (Å²) < 4.78 is 39.0. The first kappa shape index (κ1) is 27.3. The van der Waals surface area contributed by atoms with Gasteiger partial charge in [0.2, 0.25) is 5.91 Å². The van der Waals surface area contributed by atoms with Crippen molar-refractivity contribution in [2.24, 2.45) is 5.92 Å². The van der Waals surface area contributed by atoms with Gasteiger partial charge in [-0.25, -0.2) is 8.42 Å². The fourth-order valence-electron chi connectivity index (χ4n) is 4.65. The van der Waals surface area contributed by atoms with Crippen LogP contribution in [0.1, 0.15) is 25.3 Å². The van der Waals surface area contributed by atoms with Gasteiger partial charge in [-0.05, 0) is 60.7 Å². The molecular formula is C29H35N3O5S. The second-order valence-corrected chi connectivity index (χ2v) is 11.4. The molecule has 202 valence electrons. The van der Waals surface area contributed by atoms with Crippen molar-refractivity contribution in [2.75, 3.05) is 43.1 Å². The van der Waals surface area contributed by atoms with Crippen LogP contribution in [0.25, 0.3) is 0 Å². The van der Waals surface area contributed by atoms with Crippen LogP contribution in [0.2, 0.25) is 0 Å². The number of amides is 1. The molecule has 1 amide bonds. The standard InChI is InChI=1S/C29H35N3O5S/c1-22-8-7-17-31(20-22)24-13-11-23(12-14-24)19-30-29(33)21-32(25-9-5-4-6-10-25)38(34,35)26-15-16-27(36-2)28(18-26)37-3/h4-6,9-16,18,22H,7-8,17,19-21H2,1-3H3,(H,30,33). The highest BCUT2D eigenvalue weighted by Crippen LogP contribution is 2.32. The second-order valence-electron chi connectivity index (χ2n) is 9.50. The van der Waals surface area contributed by atoms with Crippen molar-refractivity contribution in [3.8, 4) is 11.5 Å². The Morgan fingerprint density at radius 1 is 1.00 bits per heavy atom. The van der Waals surface area contributed by atoms with Gasteiger partial charge in [0.25, 0.3) is 10.0 Å². The van der Waals surface area contributed by atoms with Gasteiger partial charge < -0.3 is 19.7 Å². The molecule has 1 fully saturated rings. The van der Waals surface area contributed by atoms with Crippen LogP contribution in [-0.2, 0) is 21.4 Å². The molecule has 1 unspecified atom stereocenters. The predicted molar refractivity (Wildman–Crippen MR) is 149 cm³/mol. The van der Waals surface area contributed by atoms with Crippen LogP contribution in [0, 0.1) is 5.92 Å². The van der Waals surface area contributed by atoms with Gasteiger partial charge in [-0.1, -0.05) is 37.3 Å². The smallest absolute Gasteiger partial charge is 0.264 e. The van der Waals surface area contributed by atoms with Crippen molar-refractivity contribution in [3.05, 3.63) is 78.4 Å². The number of nitrogens with one attached hydrogen (secondary N) is 1. The minimum absolute atomic E-state index is 0.00516. The molecule has 9 heteroatoms. The molecule has 3 aromatic carbocycles. The van der Waals surface area contributed by atoms with Gasteiger partial charge in [0, 0.05) is 31.4 Å². The number of piperidine rings is 1. The third-order valence-electron chi connectivity index (χ3n) is 6.72. The van der Waals surface area contributed by atoms with Crippen molar-refractivity contribution in [1.82, 2.24) is 5.32 Å². The minimum atomic E-state index is -4.08. The molecular weight excluding hydrogens is 502 g/mol. The Hall–Kier alpha value is -3.72. The van der Waals surface area contributed by atoms with E-state index in [0.29, 0.717) is 23.9 Å². The van der Waals surface area contributed by atoms with Crippen molar-refractivity contribution in [3.63, 3.8) is 0 Å². The lowest BCUT2D eigenvalue weighted by Gasteiger charge is -2.32. The summed E-state index contributed by atoms with van der Waals surface area (Å²) in [4.78, 5) is 15.4. The number of methoxy groups -OCH3 is 2. The number of para-hydroxylation sites is 1. The highest BCUT2D eigenvalue weighted by atomic mass is 32.2. The van der Waals surface area contributed by atoms with E-state index in [1.54, 1.807) is 30.3 Å². The first-order valence-corrected chi connectivity index (χ1v) is 14.2. The monoisotopic (exact) mass is 537 g/mol. The van der Waals surface area contributed by atoms with Gasteiger partial charge in [0.15, 0.2) is 11.5 Å². The maximum Gasteiger partial charge on any atom is 0.264 e. The molecule has 1 N–H and O–H groups in total. The van der Waals surface area contributed by atoms with E-state index >= 15 is 0 Å². The summed E-state index contributed by atoms with van der Waals surface area (Å²) in [5.41, 5.74) is 2.52. The first-order chi connectivity index (χ1) is 18.3. The van der Waals surface area contributed by atoms with Crippen LogP contribution in [0.5, 0.6) is 11.5 Å². The van der Waals surface area contributed by atoms with Crippen molar-refractivity contribution in [2.45, 2.75) is 31.2 Å². The van der Waals surface area contributed by atoms with Crippen molar-refractivity contribution >= 4 is 27.3 Å². The zero-order valence-corrected chi connectivity index (χ0v) is 22.9. The first-order valence-electron chi connectivity index (χ1n) is 12.7. The van der Waals surface area contributed by atoms with Crippen LogP contribution in [0.15, 0.2) is 77.7 Å². The Kier molecular flexibility index (Phi) is 8.78. The Balaban J connectivity index is 1.47. The predicted octanol–water partition coefficient (Wildman–Crippen LogP) is 4.45. The highest BCUT2D eigenvalue weighted by molar-refractivity contribution is 7.92. The number of nitrogens with zero attached hydrogens (tertiary/aromatic N) is 2. The lowest BCUT2D eigenvalue weighted by Crippen LogP contribution is -2.40. The van der Waals surface area contributed by atoms with Gasteiger partial charge in [-0.15, -0.1) is 0 Å². The molecule has 0 bridgehead atoms. The number of carbonyl (C=O) groups excluding carboxylic acids is 1. The van der Waals surface area contributed by atoms with E-state index in [0.717, 1.165) is 23.0 Å². The topological polar surface area (TPSA) is 88.2 Å². The van der Waals surface area contributed by atoms with E-state index in [4.69, 9.17) is 9.47 Å². The average Bonchev–Trinajstić information content (AvgIpc) is 2.95. The van der Waals surface area contributed by atoms with Crippen LogP contribution in [-0.4, -0.2) is 48.2 Å². The average molecular weight is 538 g/mol. The van der Waals surface area contributed by atoms with Crippen molar-refractivity contribution < 1.29 is 22.7 Å². The Labute approximate surface area is 225 Å². The molecule has 0 aliphatic carbocycles. The van der Waals surface area contributed by atoms with Crippen LogP contribution >= 0.6 is 0 Å². The highest BCUT2D eigenvalue weighted by Gasteiger charge is 2.28. The number of rotatable bonds is 10. The molecule has 1 atom stereocenters. The molecule has 38 heavy (non-hydrogen) atoms. The number of benzene rings is 3. The fraction of sp³-hybridized carbons (Fsp3) is 0.345. The van der Waals surface area contributed by atoms with E-state index in [1.165, 1.54) is 50.9 Å². The summed E-state index contributed by atoms with van der Waals surface area (Å²) in [6, 6.07) is 21.1. The zero-order valence-electron chi connectivity index (χ0n) is 22.1. The summed E-state index contributed by atoms with van der Waals surface area (Å²) in [6.07, 6.45) is 2.46. The largest absolute Gasteiger partial charge is 0.493 e. The van der Waals surface area contributed by atoms with Gasteiger partial charge in [-0.3, -0.25) is 9.10 Å². The number of carbonyl (C=O) groups is 1. The molecule has 0 spiro atoms. The van der Waals surface area contributed by atoms with E-state index in [9.17, 15) is 13.2 Å². The number of sulfonamides is 1. The van der Waals surface area contributed by atoms with Gasteiger partial charge in [-0.2, -0.15) is 0 Å². The normalized spacial score (nSPS) is 15.6. The lowest BCUT2D eigenvalue weighted by molar-refractivity contribution is -0.119. The third kappa shape index (κ3) is 6.39. The maximum atomic E-state index is 13.7. The number of ether oxygens (including phenoxy) is 2. The van der Waals surface area contributed by atoms with E-state index in [1.807, 2.05) is 12.1 Å². The van der Waals surface area contributed by atoms with Gasteiger partial charge in [0.05, 0.1) is 24.8 Å². The zero-order chi connectivity index (χ0) is 27.1. The molecule has 8 nitrogen and oxygen atoms in total. The molecule has 1 saturated heterocycles. The molecule has 0 saturated carbocycles. The maximum absolute atomic E-state index is 13.7. The molecule has 1 aliphatic heterocycles. The third-order valence-corrected chi connectivity index (χ3v) is 8.49. The summed E-state index contributed by atoms with van der Waals surface area (Å²) in [5, 5.41) is 2.87. The quantitative estimate of drug-likeness (QED) is 0.411. The summed E-state index contributed by atoms with van der Waals surface area (Å²) in [5.74, 6) is 0.974. The van der Waals surface area contributed by atoms with Gasteiger partial charge >= 0.3 is 0 Å². The van der Waals surface area contributed by atoms with Crippen LogP contribution < -0.4 is 24.0 Å². The lowest BCUT2D eigenvalue weighted by atomic mass is 9.99. The van der Waals surface area contributed by atoms with Crippen LogP contribution in [0.3, 0.4) is 0 Å². The molecule has 0 aromatic heterocycles. The fourth-order valence-corrected chi connectivity index (χ4v) is 6.09. The SMILES string of the molecule is COc1ccc(S(=O)(=O)N(CC(=O)NCc2ccc(N3CCCC(C)C3)cc2)c2ccccc2)cc1OC. The summed E-state index contributed by atoms with van der Waals surface area (Å²) >= 11 is 0. The molecule has 4 rings (SSSR count). The number of anilines is 2. The molecule has 3 aromatic rings. The minimum Gasteiger partial charge on any atom is -0.493 e. The molecule has 0 radical (unpaired) electrons. The van der Waals surface area contributed by atoms with E-state index in [-0.39, 0.29) is 17.2 Å². The Bertz CT molecular complexity index is 1330. The Morgan fingerprint density at radius 2 is 1.71 bits per heavy atom. The van der Waals surface area contributed by atoms with Crippen LogP contribution in [0.4, 0.5) is 11.4 Å². The molecule has 1 aliphatic rings. The van der Waals surface area contributed by atoms with E-state index in [2.05, 4.69) is 29.3 Å². The summed E-state index contributed by atoms with van der Waals surface area (Å²) in [6.45, 7) is 4.32. The number of hydrogen-bond donors (Lipinski definition) is 1. The summed E-state index contributed by atoms with van der Waals surface area (Å²) in [7, 11) is -1.16. The Morgan fingerprint density at radius 3 is 2.37 bits per heavy atom. The second kappa shape index (κ2) is 12.2. The van der Waals surface area contributed by atoms with Crippen molar-refractivity contribution in [1.29, 1.82) is 0 Å². The number of hydrogen-bond acceptors (Lipinski definition) is 6. The van der Waals surface area contributed by atoms with Gasteiger partial charge in [0.1, 0.15) is 6.54 Å². The molecule has 1 heterocycles. The van der Waals surface area contributed by atoms with E-state index < -0.39 is 15.9 Å².